The summed E-state index contributed by atoms with van der Waals surface area (Å²) in [4.78, 5) is 25.2. The first kappa shape index (κ1) is 14.1. The van der Waals surface area contributed by atoms with Gasteiger partial charge in [-0.15, -0.1) is 0 Å². The van der Waals surface area contributed by atoms with Gasteiger partial charge in [0.1, 0.15) is 11.0 Å². The Morgan fingerprint density at radius 1 is 1.24 bits per heavy atom. The molecule has 3 heteroatoms. The third-order valence-electron chi connectivity index (χ3n) is 4.25. The lowest BCUT2D eigenvalue weighted by Gasteiger charge is -2.35. The fourth-order valence-electron chi connectivity index (χ4n) is 3.44. The number of hydrogen-bond acceptors (Lipinski definition) is 3. The molecule has 0 heterocycles. The van der Waals surface area contributed by atoms with Crippen LogP contribution in [-0.4, -0.2) is 17.4 Å². The molecule has 0 N–H and O–H groups in total. The average molecular weight is 284 g/mol. The summed E-state index contributed by atoms with van der Waals surface area (Å²) >= 11 is 0. The van der Waals surface area contributed by atoms with Gasteiger partial charge in [0, 0.05) is 5.56 Å². The number of esters is 1. The van der Waals surface area contributed by atoms with E-state index in [0.717, 1.165) is 30.4 Å². The van der Waals surface area contributed by atoms with Crippen molar-refractivity contribution in [3.63, 3.8) is 0 Å². The molecule has 2 aliphatic rings. The van der Waals surface area contributed by atoms with E-state index >= 15 is 0 Å². The van der Waals surface area contributed by atoms with E-state index in [1.807, 2.05) is 39.0 Å². The van der Waals surface area contributed by atoms with Crippen LogP contribution in [0, 0.1) is 0 Å². The number of carbonyl (C=O) groups is 2. The van der Waals surface area contributed by atoms with Gasteiger partial charge in [0.25, 0.3) is 0 Å². The van der Waals surface area contributed by atoms with Crippen molar-refractivity contribution >= 4 is 11.8 Å². The number of carbonyl (C=O) groups excluding carboxylic acids is 2. The molecule has 0 aliphatic heterocycles. The van der Waals surface area contributed by atoms with Crippen LogP contribution < -0.4 is 0 Å². The van der Waals surface area contributed by atoms with Crippen LogP contribution in [0.25, 0.3) is 0 Å². The molecule has 0 amide bonds. The predicted molar refractivity (Wildman–Crippen MR) is 80.2 cm³/mol. The van der Waals surface area contributed by atoms with Crippen LogP contribution in [0.4, 0.5) is 0 Å². The standard InChI is InChI=1S/C18H20O3/c1-17(2,3)21-16(20)18-10-6-7-12(18)11-15(19)13-8-4-5-9-14(13)18/h4-5,8-9,11H,6-7,10H2,1-3H3. The number of benzene rings is 1. The first-order valence-corrected chi connectivity index (χ1v) is 7.43. The van der Waals surface area contributed by atoms with E-state index in [4.69, 9.17) is 4.74 Å². The summed E-state index contributed by atoms with van der Waals surface area (Å²) in [5.74, 6) is -0.222. The number of hydrogen-bond donors (Lipinski definition) is 0. The lowest BCUT2D eigenvalue weighted by molar-refractivity contribution is -0.160. The minimum atomic E-state index is -0.752. The summed E-state index contributed by atoms with van der Waals surface area (Å²) in [5, 5.41) is 0. The summed E-state index contributed by atoms with van der Waals surface area (Å²) in [6, 6.07) is 7.43. The Labute approximate surface area is 125 Å². The van der Waals surface area contributed by atoms with Gasteiger partial charge < -0.3 is 4.74 Å². The normalized spacial score (nSPS) is 24.1. The minimum Gasteiger partial charge on any atom is -0.459 e. The molecule has 110 valence electrons. The van der Waals surface area contributed by atoms with Gasteiger partial charge in [-0.2, -0.15) is 0 Å². The van der Waals surface area contributed by atoms with Crippen molar-refractivity contribution in [2.45, 2.75) is 51.0 Å². The van der Waals surface area contributed by atoms with Crippen molar-refractivity contribution in [1.29, 1.82) is 0 Å². The Morgan fingerprint density at radius 2 is 1.95 bits per heavy atom. The van der Waals surface area contributed by atoms with Crippen molar-refractivity contribution in [3.8, 4) is 0 Å². The first-order valence-electron chi connectivity index (χ1n) is 7.43. The van der Waals surface area contributed by atoms with Gasteiger partial charge >= 0.3 is 5.97 Å². The molecule has 1 unspecified atom stereocenters. The Hall–Kier alpha value is -1.90. The summed E-state index contributed by atoms with van der Waals surface area (Å²) < 4.78 is 5.68. The third kappa shape index (κ3) is 2.11. The van der Waals surface area contributed by atoms with Crippen LogP contribution in [0.1, 0.15) is 56.0 Å². The van der Waals surface area contributed by atoms with E-state index in [2.05, 4.69) is 0 Å². The zero-order chi connectivity index (χ0) is 15.3. The molecule has 21 heavy (non-hydrogen) atoms. The lowest BCUT2D eigenvalue weighted by Crippen LogP contribution is -2.43. The molecule has 0 radical (unpaired) electrons. The number of fused-ring (bicyclic) bond motifs is 3. The quantitative estimate of drug-likeness (QED) is 0.740. The van der Waals surface area contributed by atoms with Gasteiger partial charge in [0.05, 0.1) is 0 Å². The van der Waals surface area contributed by atoms with E-state index in [1.165, 1.54) is 0 Å². The summed E-state index contributed by atoms with van der Waals surface area (Å²) in [6.07, 6.45) is 4.07. The van der Waals surface area contributed by atoms with E-state index in [-0.39, 0.29) is 11.8 Å². The SMILES string of the molecule is CC(C)(C)OC(=O)C12CCCC1=CC(=O)c1ccccc12. The Kier molecular flexibility index (Phi) is 3.05. The molecule has 3 nitrogen and oxygen atoms in total. The second-order valence-electron chi connectivity index (χ2n) is 6.84. The molecule has 0 bridgehead atoms. The predicted octanol–water partition coefficient (Wildman–Crippen LogP) is 3.57. The second kappa shape index (κ2) is 4.55. The Bertz CT molecular complexity index is 649. The molecule has 2 aliphatic carbocycles. The van der Waals surface area contributed by atoms with Crippen LogP contribution in [-0.2, 0) is 14.9 Å². The van der Waals surface area contributed by atoms with Crippen molar-refractivity contribution in [2.24, 2.45) is 0 Å². The highest BCUT2D eigenvalue weighted by atomic mass is 16.6. The molecular weight excluding hydrogens is 264 g/mol. The second-order valence-corrected chi connectivity index (χ2v) is 6.84. The van der Waals surface area contributed by atoms with Crippen LogP contribution in [0.5, 0.6) is 0 Å². The summed E-state index contributed by atoms with van der Waals surface area (Å²) in [7, 11) is 0. The largest absolute Gasteiger partial charge is 0.459 e. The molecular formula is C18H20O3. The molecule has 0 spiro atoms. The van der Waals surface area contributed by atoms with Crippen molar-refractivity contribution in [1.82, 2.24) is 0 Å². The summed E-state index contributed by atoms with van der Waals surface area (Å²) in [6.45, 7) is 5.62. The molecule has 1 fully saturated rings. The monoisotopic (exact) mass is 284 g/mol. The fourth-order valence-corrected chi connectivity index (χ4v) is 3.44. The van der Waals surface area contributed by atoms with Gasteiger partial charge in [-0.1, -0.05) is 24.3 Å². The van der Waals surface area contributed by atoms with E-state index in [1.54, 1.807) is 12.1 Å². The maximum absolute atomic E-state index is 12.9. The molecule has 1 saturated carbocycles. The Balaban J connectivity index is 2.16. The Morgan fingerprint density at radius 3 is 2.67 bits per heavy atom. The number of ether oxygens (including phenoxy) is 1. The molecule has 1 aromatic rings. The topological polar surface area (TPSA) is 43.4 Å². The maximum Gasteiger partial charge on any atom is 0.321 e. The van der Waals surface area contributed by atoms with Crippen LogP contribution >= 0.6 is 0 Å². The highest BCUT2D eigenvalue weighted by molar-refractivity contribution is 6.11. The van der Waals surface area contributed by atoms with Gasteiger partial charge in [0.15, 0.2) is 5.78 Å². The zero-order valence-electron chi connectivity index (χ0n) is 12.7. The van der Waals surface area contributed by atoms with Crippen molar-refractivity contribution in [2.75, 3.05) is 0 Å². The van der Waals surface area contributed by atoms with Gasteiger partial charge in [-0.25, -0.2) is 0 Å². The van der Waals surface area contributed by atoms with Crippen molar-refractivity contribution < 1.29 is 14.3 Å². The van der Waals surface area contributed by atoms with E-state index in [0.29, 0.717) is 5.56 Å². The number of rotatable bonds is 1. The number of ketones is 1. The van der Waals surface area contributed by atoms with Crippen LogP contribution in [0.15, 0.2) is 35.9 Å². The molecule has 3 rings (SSSR count). The van der Waals surface area contributed by atoms with E-state index in [9.17, 15) is 9.59 Å². The average Bonchev–Trinajstić information content (AvgIpc) is 2.82. The fraction of sp³-hybridized carbons (Fsp3) is 0.444. The van der Waals surface area contributed by atoms with E-state index < -0.39 is 11.0 Å². The summed E-state index contributed by atoms with van der Waals surface area (Å²) in [5.41, 5.74) is 1.09. The zero-order valence-corrected chi connectivity index (χ0v) is 12.7. The van der Waals surface area contributed by atoms with Crippen LogP contribution in [0.2, 0.25) is 0 Å². The van der Waals surface area contributed by atoms with Gasteiger partial charge in [-0.05, 0) is 57.2 Å². The highest BCUT2D eigenvalue weighted by Crippen LogP contribution is 2.50. The van der Waals surface area contributed by atoms with Gasteiger partial charge in [-0.3, -0.25) is 9.59 Å². The first-order chi connectivity index (χ1) is 9.84. The lowest BCUT2D eigenvalue weighted by atomic mass is 9.69. The maximum atomic E-state index is 12.9. The number of allylic oxidation sites excluding steroid dienone is 1. The highest BCUT2D eigenvalue weighted by Gasteiger charge is 2.52. The molecule has 1 atom stereocenters. The van der Waals surface area contributed by atoms with Crippen molar-refractivity contribution in [3.05, 3.63) is 47.0 Å². The van der Waals surface area contributed by atoms with Gasteiger partial charge in [0.2, 0.25) is 0 Å². The smallest absolute Gasteiger partial charge is 0.321 e. The molecule has 1 aromatic carbocycles. The minimum absolute atomic E-state index is 0.00156. The molecule has 0 saturated heterocycles. The molecule has 0 aromatic heterocycles. The third-order valence-corrected chi connectivity index (χ3v) is 4.25. The van der Waals surface area contributed by atoms with Crippen LogP contribution in [0.3, 0.4) is 0 Å².